The fourth-order valence-electron chi connectivity index (χ4n) is 1.74. The number of halogens is 3. The molecule has 0 aliphatic rings. The Morgan fingerprint density at radius 2 is 2.09 bits per heavy atom. The van der Waals surface area contributed by atoms with Gasteiger partial charge in [-0.25, -0.2) is 0 Å². The van der Waals surface area contributed by atoms with Crippen LogP contribution in [0.15, 0.2) is 35.5 Å². The van der Waals surface area contributed by atoms with Crippen molar-refractivity contribution in [3.63, 3.8) is 0 Å². The highest BCUT2D eigenvalue weighted by Crippen LogP contribution is 2.36. The standard InChI is InChI=1S/C15H19F3N2O2/c1-2-3-4-5-6-9-22-13-8-7-11(14(19)20-21)10-12(13)15(16,17)18/h5-8,10,21H,2-4,9H2,1H3,(H2,19,20)/b6-5+. The van der Waals surface area contributed by atoms with Crippen LogP contribution in [-0.2, 0) is 6.18 Å². The minimum atomic E-state index is -4.59. The Kier molecular flexibility index (Phi) is 6.75. The predicted octanol–water partition coefficient (Wildman–Crippen LogP) is 3.93. The summed E-state index contributed by atoms with van der Waals surface area (Å²) in [7, 11) is 0. The van der Waals surface area contributed by atoms with Gasteiger partial charge >= 0.3 is 6.18 Å². The molecule has 1 aromatic rings. The van der Waals surface area contributed by atoms with E-state index in [1.165, 1.54) is 6.07 Å². The first-order valence-electron chi connectivity index (χ1n) is 6.87. The molecule has 122 valence electrons. The maximum atomic E-state index is 13.0. The molecule has 0 unspecified atom stereocenters. The van der Waals surface area contributed by atoms with Crippen molar-refractivity contribution in [1.29, 1.82) is 0 Å². The maximum absolute atomic E-state index is 13.0. The molecule has 7 heteroatoms. The third kappa shape index (κ3) is 5.31. The number of alkyl halides is 3. The summed E-state index contributed by atoms with van der Waals surface area (Å²) < 4.78 is 44.3. The molecule has 22 heavy (non-hydrogen) atoms. The summed E-state index contributed by atoms with van der Waals surface area (Å²) in [6.07, 6.45) is 1.92. The van der Waals surface area contributed by atoms with Crippen LogP contribution in [0.2, 0.25) is 0 Å². The fourth-order valence-corrected chi connectivity index (χ4v) is 1.74. The van der Waals surface area contributed by atoms with Gasteiger partial charge in [0.25, 0.3) is 0 Å². The van der Waals surface area contributed by atoms with Gasteiger partial charge in [0.1, 0.15) is 12.4 Å². The highest BCUT2D eigenvalue weighted by Gasteiger charge is 2.34. The number of rotatable bonds is 7. The molecule has 0 heterocycles. The van der Waals surface area contributed by atoms with Crippen molar-refractivity contribution in [2.75, 3.05) is 6.61 Å². The number of unbranched alkanes of at least 4 members (excludes halogenated alkanes) is 2. The van der Waals surface area contributed by atoms with Gasteiger partial charge in [0.2, 0.25) is 0 Å². The summed E-state index contributed by atoms with van der Waals surface area (Å²) in [6.45, 7) is 2.11. The van der Waals surface area contributed by atoms with Crippen LogP contribution in [0.1, 0.15) is 37.3 Å². The van der Waals surface area contributed by atoms with E-state index in [1.807, 2.05) is 6.08 Å². The third-order valence-corrected chi connectivity index (χ3v) is 2.91. The SMILES string of the molecule is CCCC/C=C/COc1ccc(/C(N)=N/O)cc1C(F)(F)F. The van der Waals surface area contributed by atoms with E-state index in [1.54, 1.807) is 6.08 Å². The number of ether oxygens (including phenoxy) is 1. The van der Waals surface area contributed by atoms with Gasteiger partial charge in [0.15, 0.2) is 5.84 Å². The quantitative estimate of drug-likeness (QED) is 0.200. The Morgan fingerprint density at radius 1 is 1.36 bits per heavy atom. The largest absolute Gasteiger partial charge is 0.489 e. The monoisotopic (exact) mass is 316 g/mol. The number of amidine groups is 1. The zero-order valence-corrected chi connectivity index (χ0v) is 12.2. The average Bonchev–Trinajstić information content (AvgIpc) is 2.49. The van der Waals surface area contributed by atoms with Crippen molar-refractivity contribution in [3.8, 4) is 5.75 Å². The zero-order valence-electron chi connectivity index (χ0n) is 12.2. The van der Waals surface area contributed by atoms with Crippen LogP contribution in [0.5, 0.6) is 5.75 Å². The van der Waals surface area contributed by atoms with Gasteiger partial charge in [0.05, 0.1) is 5.56 Å². The highest BCUT2D eigenvalue weighted by atomic mass is 19.4. The molecule has 0 radical (unpaired) electrons. The van der Waals surface area contributed by atoms with E-state index in [0.717, 1.165) is 31.4 Å². The lowest BCUT2D eigenvalue weighted by Crippen LogP contribution is -2.16. The summed E-state index contributed by atoms with van der Waals surface area (Å²) in [5.74, 6) is -0.682. The van der Waals surface area contributed by atoms with Crippen LogP contribution >= 0.6 is 0 Å². The van der Waals surface area contributed by atoms with E-state index in [0.29, 0.717) is 0 Å². The van der Waals surface area contributed by atoms with Crippen molar-refractivity contribution in [2.45, 2.75) is 32.4 Å². The first-order chi connectivity index (χ1) is 10.4. The lowest BCUT2D eigenvalue weighted by molar-refractivity contribution is -0.138. The molecule has 4 nitrogen and oxygen atoms in total. The molecule has 3 N–H and O–H groups in total. The second-order valence-corrected chi connectivity index (χ2v) is 4.62. The van der Waals surface area contributed by atoms with Crippen LogP contribution in [0, 0.1) is 0 Å². The Labute approximate surface area is 127 Å². The summed E-state index contributed by atoms with van der Waals surface area (Å²) in [5.41, 5.74) is 4.32. The average molecular weight is 316 g/mol. The topological polar surface area (TPSA) is 67.8 Å². The van der Waals surface area contributed by atoms with Gasteiger partial charge in [-0.15, -0.1) is 0 Å². The molecule has 0 atom stereocenters. The highest BCUT2D eigenvalue weighted by molar-refractivity contribution is 5.97. The van der Waals surface area contributed by atoms with Gasteiger partial charge in [-0.1, -0.05) is 37.1 Å². The number of hydrogen-bond donors (Lipinski definition) is 2. The van der Waals surface area contributed by atoms with Gasteiger partial charge < -0.3 is 15.7 Å². The molecule has 0 fully saturated rings. The number of nitrogens with two attached hydrogens (primary N) is 1. The Bertz CT molecular complexity index is 540. The van der Waals surface area contributed by atoms with Crippen LogP contribution in [0.4, 0.5) is 13.2 Å². The fraction of sp³-hybridized carbons (Fsp3) is 0.400. The Morgan fingerprint density at radius 3 is 2.68 bits per heavy atom. The van der Waals surface area contributed by atoms with Crippen molar-refractivity contribution < 1.29 is 23.1 Å². The predicted molar refractivity (Wildman–Crippen MR) is 78.1 cm³/mol. The van der Waals surface area contributed by atoms with Crippen LogP contribution in [0.3, 0.4) is 0 Å². The van der Waals surface area contributed by atoms with E-state index in [4.69, 9.17) is 15.7 Å². The summed E-state index contributed by atoms with van der Waals surface area (Å²) in [6, 6.07) is 3.27. The number of nitrogens with zero attached hydrogens (tertiary/aromatic N) is 1. The summed E-state index contributed by atoms with van der Waals surface area (Å²) in [4.78, 5) is 0. The third-order valence-electron chi connectivity index (χ3n) is 2.91. The van der Waals surface area contributed by atoms with E-state index >= 15 is 0 Å². The molecule has 0 saturated carbocycles. The maximum Gasteiger partial charge on any atom is 0.419 e. The second kappa shape index (κ2) is 8.31. The normalized spacial score (nSPS) is 12.8. The molecule has 0 aromatic heterocycles. The summed E-state index contributed by atoms with van der Waals surface area (Å²) >= 11 is 0. The van der Waals surface area contributed by atoms with Gasteiger partial charge in [-0.2, -0.15) is 13.2 Å². The number of hydrogen-bond acceptors (Lipinski definition) is 3. The van der Waals surface area contributed by atoms with Gasteiger partial charge in [0, 0.05) is 5.56 Å². The minimum absolute atomic E-state index is 0.0272. The summed E-state index contributed by atoms with van der Waals surface area (Å²) in [5, 5.41) is 11.2. The van der Waals surface area contributed by atoms with Crippen molar-refractivity contribution in [3.05, 3.63) is 41.5 Å². The second-order valence-electron chi connectivity index (χ2n) is 4.62. The van der Waals surface area contributed by atoms with Gasteiger partial charge in [-0.3, -0.25) is 0 Å². The molecular formula is C15H19F3N2O2. The molecule has 0 spiro atoms. The molecule has 0 aliphatic carbocycles. The first kappa shape index (κ1) is 17.9. The molecule has 0 bridgehead atoms. The molecule has 1 aromatic carbocycles. The minimum Gasteiger partial charge on any atom is -0.489 e. The van der Waals surface area contributed by atoms with E-state index < -0.39 is 17.6 Å². The van der Waals surface area contributed by atoms with Gasteiger partial charge in [-0.05, 0) is 24.6 Å². The zero-order chi connectivity index (χ0) is 16.6. The van der Waals surface area contributed by atoms with E-state index in [-0.39, 0.29) is 17.9 Å². The Hall–Kier alpha value is -2.18. The number of allylic oxidation sites excluding steroid dienone is 1. The smallest absolute Gasteiger partial charge is 0.419 e. The molecule has 1 rings (SSSR count). The number of benzene rings is 1. The van der Waals surface area contributed by atoms with E-state index in [2.05, 4.69) is 12.1 Å². The molecule has 0 amide bonds. The number of oxime groups is 1. The molecule has 0 saturated heterocycles. The van der Waals surface area contributed by atoms with Crippen molar-refractivity contribution in [2.24, 2.45) is 10.9 Å². The lowest BCUT2D eigenvalue weighted by Gasteiger charge is -2.14. The molecule has 0 aliphatic heterocycles. The lowest BCUT2D eigenvalue weighted by atomic mass is 10.1. The van der Waals surface area contributed by atoms with Crippen LogP contribution < -0.4 is 10.5 Å². The van der Waals surface area contributed by atoms with Crippen LogP contribution in [0.25, 0.3) is 0 Å². The Balaban J connectivity index is 2.88. The van der Waals surface area contributed by atoms with Crippen LogP contribution in [-0.4, -0.2) is 17.6 Å². The van der Waals surface area contributed by atoms with Crippen molar-refractivity contribution >= 4 is 5.84 Å². The van der Waals surface area contributed by atoms with Crippen molar-refractivity contribution in [1.82, 2.24) is 0 Å². The first-order valence-corrected chi connectivity index (χ1v) is 6.87. The molecular weight excluding hydrogens is 297 g/mol. The van der Waals surface area contributed by atoms with E-state index in [9.17, 15) is 13.2 Å².